The van der Waals surface area contributed by atoms with Crippen LogP contribution in [0.1, 0.15) is 73.1 Å². The SMILES string of the molecule is C=CCC[C@@H](C(=O)SC(C)(C)C)[C@H]1CCCC(=O)[C@]1(C)CC(=C)C. The van der Waals surface area contributed by atoms with Gasteiger partial charge in [-0.15, -0.1) is 13.2 Å². The van der Waals surface area contributed by atoms with Gasteiger partial charge in [0.15, 0.2) is 5.12 Å². The molecule has 0 amide bonds. The zero-order chi connectivity index (χ0) is 18.5. The van der Waals surface area contributed by atoms with Crippen LogP contribution in [0.3, 0.4) is 0 Å². The molecule has 0 unspecified atom stereocenters. The predicted octanol–water partition coefficient (Wildman–Crippen LogP) is 5.97. The summed E-state index contributed by atoms with van der Waals surface area (Å²) >= 11 is 1.42. The van der Waals surface area contributed by atoms with Gasteiger partial charge in [-0.3, -0.25) is 9.59 Å². The highest BCUT2D eigenvalue weighted by Gasteiger charge is 2.48. The smallest absolute Gasteiger partial charge is 0.192 e. The summed E-state index contributed by atoms with van der Waals surface area (Å²) in [5.41, 5.74) is 0.570. The molecule has 0 radical (unpaired) electrons. The summed E-state index contributed by atoms with van der Waals surface area (Å²) in [7, 11) is 0. The third-order valence-electron chi connectivity index (χ3n) is 4.92. The molecule has 3 heteroatoms. The molecular weight excluding hydrogens is 316 g/mol. The van der Waals surface area contributed by atoms with E-state index in [1.165, 1.54) is 11.8 Å². The van der Waals surface area contributed by atoms with E-state index in [2.05, 4.69) is 40.9 Å². The van der Waals surface area contributed by atoms with E-state index in [1.54, 1.807) is 0 Å². The molecule has 0 heterocycles. The van der Waals surface area contributed by atoms with E-state index in [-0.39, 0.29) is 21.7 Å². The van der Waals surface area contributed by atoms with Crippen LogP contribution in [0.5, 0.6) is 0 Å². The number of carbonyl (C=O) groups excluding carboxylic acids is 2. The summed E-state index contributed by atoms with van der Waals surface area (Å²) in [5, 5.41) is 0.233. The zero-order valence-electron chi connectivity index (χ0n) is 16.1. The molecule has 136 valence electrons. The Morgan fingerprint density at radius 2 is 2.08 bits per heavy atom. The normalized spacial score (nSPS) is 26.0. The van der Waals surface area contributed by atoms with Crippen molar-refractivity contribution in [3.8, 4) is 0 Å². The molecule has 3 atom stereocenters. The highest BCUT2D eigenvalue weighted by molar-refractivity contribution is 8.14. The first-order chi connectivity index (χ1) is 11.0. The molecular formula is C21H34O2S. The Kier molecular flexibility index (Phi) is 7.52. The fourth-order valence-electron chi connectivity index (χ4n) is 3.95. The molecule has 0 bridgehead atoms. The highest BCUT2D eigenvalue weighted by atomic mass is 32.2. The number of thioether (sulfide) groups is 1. The molecule has 0 aromatic heterocycles. The van der Waals surface area contributed by atoms with Crippen molar-refractivity contribution in [2.75, 3.05) is 0 Å². The summed E-state index contributed by atoms with van der Waals surface area (Å²) in [6.07, 6.45) is 6.65. The van der Waals surface area contributed by atoms with Crippen LogP contribution in [0, 0.1) is 17.3 Å². The van der Waals surface area contributed by atoms with Gasteiger partial charge in [-0.05, 0) is 44.9 Å². The zero-order valence-corrected chi connectivity index (χ0v) is 16.9. The van der Waals surface area contributed by atoms with Gasteiger partial charge in [-0.25, -0.2) is 0 Å². The van der Waals surface area contributed by atoms with Crippen molar-refractivity contribution >= 4 is 22.7 Å². The maximum absolute atomic E-state index is 13.0. The number of hydrogen-bond donors (Lipinski definition) is 0. The van der Waals surface area contributed by atoms with Gasteiger partial charge in [0.1, 0.15) is 5.78 Å². The lowest BCUT2D eigenvalue weighted by molar-refractivity contribution is -0.137. The third kappa shape index (κ3) is 5.61. The van der Waals surface area contributed by atoms with E-state index in [9.17, 15) is 9.59 Å². The van der Waals surface area contributed by atoms with Crippen LogP contribution in [0.2, 0.25) is 0 Å². The first kappa shape index (κ1) is 21.2. The highest BCUT2D eigenvalue weighted by Crippen LogP contribution is 2.49. The summed E-state index contributed by atoms with van der Waals surface area (Å²) in [5.74, 6) is 0.331. The monoisotopic (exact) mass is 350 g/mol. The van der Waals surface area contributed by atoms with Crippen LogP contribution in [0.25, 0.3) is 0 Å². The van der Waals surface area contributed by atoms with Crippen LogP contribution in [0.15, 0.2) is 24.8 Å². The Bertz CT molecular complexity index is 500. The molecule has 1 saturated carbocycles. The molecule has 0 spiro atoms. The average molecular weight is 351 g/mol. The van der Waals surface area contributed by atoms with E-state index in [1.807, 2.05) is 13.0 Å². The Hall–Kier alpha value is -0.830. The van der Waals surface area contributed by atoms with Crippen molar-refractivity contribution in [3.63, 3.8) is 0 Å². The second kappa shape index (κ2) is 8.51. The minimum absolute atomic E-state index is 0.0826. The van der Waals surface area contributed by atoms with Crippen molar-refractivity contribution in [2.45, 2.75) is 77.9 Å². The Morgan fingerprint density at radius 1 is 1.46 bits per heavy atom. The van der Waals surface area contributed by atoms with E-state index in [0.29, 0.717) is 18.6 Å². The van der Waals surface area contributed by atoms with E-state index < -0.39 is 5.41 Å². The Balaban J connectivity index is 3.16. The van der Waals surface area contributed by atoms with Crippen LogP contribution in [-0.2, 0) is 9.59 Å². The van der Waals surface area contributed by atoms with Crippen LogP contribution >= 0.6 is 11.8 Å². The topological polar surface area (TPSA) is 34.1 Å². The molecule has 0 N–H and O–H groups in total. The van der Waals surface area contributed by atoms with Gasteiger partial charge in [0, 0.05) is 22.5 Å². The summed E-state index contributed by atoms with van der Waals surface area (Å²) < 4.78 is -0.104. The quantitative estimate of drug-likeness (QED) is 0.531. The Labute approximate surface area is 152 Å². The van der Waals surface area contributed by atoms with Gasteiger partial charge in [0.25, 0.3) is 0 Å². The number of rotatable bonds is 7. The van der Waals surface area contributed by atoms with E-state index >= 15 is 0 Å². The van der Waals surface area contributed by atoms with Gasteiger partial charge < -0.3 is 0 Å². The van der Waals surface area contributed by atoms with Gasteiger partial charge in [0.05, 0.1) is 0 Å². The number of Topliss-reactive ketones (excluding diaryl/α,β-unsaturated/α-hetero) is 1. The standard InChI is InChI=1S/C21H34O2S/c1-8-9-11-16(19(23)24-20(4,5)6)17-12-10-13-18(22)21(17,7)14-15(2)3/h8,16-17H,1-2,9-14H2,3-7H3/t16-,17-,21-/m1/s1. The van der Waals surface area contributed by atoms with Crippen molar-refractivity contribution < 1.29 is 9.59 Å². The summed E-state index contributed by atoms with van der Waals surface area (Å²) in [4.78, 5) is 25.8. The van der Waals surface area contributed by atoms with Gasteiger partial charge >= 0.3 is 0 Å². The van der Waals surface area contributed by atoms with E-state index in [4.69, 9.17) is 0 Å². The summed E-state index contributed by atoms with van der Waals surface area (Å²) in [6, 6.07) is 0. The molecule has 1 aliphatic rings. The summed E-state index contributed by atoms with van der Waals surface area (Å²) in [6.45, 7) is 18.1. The number of ketones is 1. The second-order valence-electron chi connectivity index (χ2n) is 8.48. The van der Waals surface area contributed by atoms with Gasteiger partial charge in [-0.1, -0.05) is 51.1 Å². The van der Waals surface area contributed by atoms with Crippen LogP contribution in [0.4, 0.5) is 0 Å². The first-order valence-corrected chi connectivity index (χ1v) is 9.84. The second-order valence-corrected chi connectivity index (χ2v) is 10.3. The minimum Gasteiger partial charge on any atom is -0.299 e. The van der Waals surface area contributed by atoms with Crippen molar-refractivity contribution in [1.29, 1.82) is 0 Å². The van der Waals surface area contributed by atoms with E-state index in [0.717, 1.165) is 31.3 Å². The van der Waals surface area contributed by atoms with Crippen molar-refractivity contribution in [3.05, 3.63) is 24.8 Å². The van der Waals surface area contributed by atoms with Crippen LogP contribution < -0.4 is 0 Å². The van der Waals surface area contributed by atoms with Gasteiger partial charge in [0.2, 0.25) is 0 Å². The number of allylic oxidation sites excluding steroid dienone is 2. The minimum atomic E-state index is -0.454. The largest absolute Gasteiger partial charge is 0.299 e. The molecule has 1 aliphatic carbocycles. The third-order valence-corrected chi connectivity index (χ3v) is 6.04. The van der Waals surface area contributed by atoms with Crippen molar-refractivity contribution in [1.82, 2.24) is 0 Å². The molecule has 0 aromatic carbocycles. The van der Waals surface area contributed by atoms with Gasteiger partial charge in [-0.2, -0.15) is 0 Å². The lowest BCUT2D eigenvalue weighted by Gasteiger charge is -2.44. The lowest BCUT2D eigenvalue weighted by atomic mass is 9.59. The molecule has 0 saturated heterocycles. The molecule has 1 fully saturated rings. The maximum atomic E-state index is 13.0. The molecule has 0 aromatic rings. The first-order valence-electron chi connectivity index (χ1n) is 9.02. The van der Waals surface area contributed by atoms with Crippen LogP contribution in [-0.4, -0.2) is 15.6 Å². The molecule has 24 heavy (non-hydrogen) atoms. The molecule has 2 nitrogen and oxygen atoms in total. The average Bonchev–Trinajstić information content (AvgIpc) is 2.41. The number of carbonyl (C=O) groups is 2. The number of hydrogen-bond acceptors (Lipinski definition) is 3. The fourth-order valence-corrected chi connectivity index (χ4v) is 4.99. The molecule has 0 aliphatic heterocycles. The molecule has 1 rings (SSSR count). The fraction of sp³-hybridized carbons (Fsp3) is 0.714. The predicted molar refractivity (Wildman–Crippen MR) is 105 cm³/mol. The lowest BCUT2D eigenvalue weighted by Crippen LogP contribution is -2.45. The van der Waals surface area contributed by atoms with Crippen molar-refractivity contribution in [2.24, 2.45) is 17.3 Å². The Morgan fingerprint density at radius 3 is 2.58 bits per heavy atom. The maximum Gasteiger partial charge on any atom is 0.192 e.